The number of hydrogen-bond donors (Lipinski definition) is 0. The molecule has 0 spiro atoms. The maximum atomic E-state index is 12.9. The number of carbonyl (C=O) groups excluding carboxylic acids is 2. The van der Waals surface area contributed by atoms with Gasteiger partial charge in [-0.25, -0.2) is 12.7 Å². The van der Waals surface area contributed by atoms with Crippen molar-refractivity contribution in [2.75, 3.05) is 32.4 Å². The largest absolute Gasteiger partial charge is 0.336 e. The van der Waals surface area contributed by atoms with Gasteiger partial charge in [-0.2, -0.15) is 0 Å². The van der Waals surface area contributed by atoms with Gasteiger partial charge in [0, 0.05) is 6.54 Å². The van der Waals surface area contributed by atoms with Crippen molar-refractivity contribution in [3.8, 4) is 0 Å². The Morgan fingerprint density at radius 2 is 1.81 bits per heavy atom. The fourth-order valence-corrected chi connectivity index (χ4v) is 5.90. The van der Waals surface area contributed by atoms with E-state index >= 15 is 0 Å². The van der Waals surface area contributed by atoms with Gasteiger partial charge in [0.15, 0.2) is 0 Å². The molecule has 150 valence electrons. The molecule has 3 atom stereocenters. The summed E-state index contributed by atoms with van der Waals surface area (Å²) in [6, 6.07) is -0.677. The first-order valence-corrected chi connectivity index (χ1v) is 11.2. The van der Waals surface area contributed by atoms with Gasteiger partial charge in [0.2, 0.25) is 21.8 Å². The number of piperidine rings is 1. The second-order valence-electron chi connectivity index (χ2n) is 7.56. The Kier molecular flexibility index (Phi) is 6.96. The first-order valence-electron chi connectivity index (χ1n) is 9.39. The number of nitrogens with zero attached hydrogens (tertiary/aromatic N) is 3. The van der Waals surface area contributed by atoms with Gasteiger partial charge in [-0.05, 0) is 38.8 Å². The Labute approximate surface area is 162 Å². The molecule has 3 fully saturated rings. The summed E-state index contributed by atoms with van der Waals surface area (Å²) in [6.45, 7) is 4.80. The molecule has 3 aliphatic heterocycles. The van der Waals surface area contributed by atoms with E-state index in [2.05, 4.69) is 4.90 Å². The maximum Gasteiger partial charge on any atom is 0.241 e. The number of sulfonamides is 1. The summed E-state index contributed by atoms with van der Waals surface area (Å²) in [4.78, 5) is 29.6. The molecule has 0 aromatic carbocycles. The molecule has 7 nitrogen and oxygen atoms in total. The molecule has 0 unspecified atom stereocenters. The third-order valence-electron chi connectivity index (χ3n) is 5.75. The van der Waals surface area contributed by atoms with E-state index in [1.807, 2.05) is 6.92 Å². The molecule has 3 aliphatic rings. The highest BCUT2D eigenvalue weighted by Gasteiger charge is 2.57. The maximum absolute atomic E-state index is 12.9. The van der Waals surface area contributed by atoms with Crippen molar-refractivity contribution in [3.05, 3.63) is 0 Å². The molecule has 0 bridgehead atoms. The van der Waals surface area contributed by atoms with Crippen LogP contribution in [0.1, 0.15) is 45.4 Å². The van der Waals surface area contributed by atoms with Crippen LogP contribution in [0.5, 0.6) is 0 Å². The normalized spacial score (nSPS) is 29.6. The predicted molar refractivity (Wildman–Crippen MR) is 102 cm³/mol. The molecule has 3 rings (SSSR count). The number of hydrogen-bond acceptors (Lipinski definition) is 5. The molecule has 26 heavy (non-hydrogen) atoms. The standard InChI is InChI=1S/C17H29N3O4S.ClH/c1-3-7-13-16-14(20(17(13)22)25(2,23)24)8-11-19(16)15(21)12-18-9-5-4-6-10-18;/h13-14,16H,3-12H2,1-2H3;1H/t13-,14+,16-;/m1./s1. The summed E-state index contributed by atoms with van der Waals surface area (Å²) in [7, 11) is -3.60. The van der Waals surface area contributed by atoms with E-state index in [0.717, 1.165) is 42.9 Å². The molecule has 0 saturated carbocycles. The van der Waals surface area contributed by atoms with Gasteiger partial charge in [0.1, 0.15) is 0 Å². The van der Waals surface area contributed by atoms with E-state index in [-0.39, 0.29) is 36.3 Å². The molecule has 0 aliphatic carbocycles. The highest BCUT2D eigenvalue weighted by molar-refractivity contribution is 7.88. The van der Waals surface area contributed by atoms with Crippen LogP contribution >= 0.6 is 12.4 Å². The number of likely N-dealkylation sites (tertiary alicyclic amines) is 2. The van der Waals surface area contributed by atoms with Crippen LogP contribution in [0.15, 0.2) is 0 Å². The molecule has 0 N–H and O–H groups in total. The second-order valence-corrected chi connectivity index (χ2v) is 9.42. The van der Waals surface area contributed by atoms with Gasteiger partial charge < -0.3 is 4.90 Å². The Morgan fingerprint density at radius 1 is 1.15 bits per heavy atom. The van der Waals surface area contributed by atoms with Crippen LogP contribution in [0.3, 0.4) is 0 Å². The van der Waals surface area contributed by atoms with Crippen LogP contribution in [0.4, 0.5) is 0 Å². The zero-order chi connectivity index (χ0) is 18.2. The molecule has 3 saturated heterocycles. The van der Waals surface area contributed by atoms with Crippen molar-refractivity contribution in [2.45, 2.75) is 57.5 Å². The van der Waals surface area contributed by atoms with Crippen LogP contribution in [0, 0.1) is 5.92 Å². The van der Waals surface area contributed by atoms with Crippen LogP contribution in [0.25, 0.3) is 0 Å². The van der Waals surface area contributed by atoms with Crippen molar-refractivity contribution in [2.24, 2.45) is 5.92 Å². The summed E-state index contributed by atoms with van der Waals surface area (Å²) < 4.78 is 25.3. The summed E-state index contributed by atoms with van der Waals surface area (Å²) in [5.41, 5.74) is 0. The Balaban J connectivity index is 0.00000243. The monoisotopic (exact) mass is 407 g/mol. The van der Waals surface area contributed by atoms with Crippen molar-refractivity contribution < 1.29 is 18.0 Å². The lowest BCUT2D eigenvalue weighted by atomic mass is 9.94. The lowest BCUT2D eigenvalue weighted by Crippen LogP contribution is -2.47. The molecule has 0 aromatic heterocycles. The predicted octanol–water partition coefficient (Wildman–Crippen LogP) is 1.08. The lowest BCUT2D eigenvalue weighted by molar-refractivity contribution is -0.135. The quantitative estimate of drug-likeness (QED) is 0.681. The number of rotatable bonds is 5. The van der Waals surface area contributed by atoms with Gasteiger partial charge in [-0.15, -0.1) is 12.4 Å². The minimum absolute atomic E-state index is 0. The van der Waals surface area contributed by atoms with Gasteiger partial charge in [0.25, 0.3) is 0 Å². The van der Waals surface area contributed by atoms with Crippen molar-refractivity contribution in [1.29, 1.82) is 0 Å². The second kappa shape index (κ2) is 8.44. The Morgan fingerprint density at radius 3 is 2.38 bits per heavy atom. The highest BCUT2D eigenvalue weighted by atomic mass is 35.5. The molecular formula is C17H30ClN3O4S. The average molecular weight is 408 g/mol. The molecule has 2 amide bonds. The Hall–Kier alpha value is -0.860. The first-order chi connectivity index (χ1) is 11.8. The molecule has 3 heterocycles. The van der Waals surface area contributed by atoms with Crippen molar-refractivity contribution in [1.82, 2.24) is 14.1 Å². The van der Waals surface area contributed by atoms with E-state index < -0.39 is 15.9 Å². The van der Waals surface area contributed by atoms with Gasteiger partial charge in [-0.1, -0.05) is 19.8 Å². The fraction of sp³-hybridized carbons (Fsp3) is 0.882. The number of fused-ring (bicyclic) bond motifs is 1. The van der Waals surface area contributed by atoms with E-state index in [1.165, 1.54) is 6.42 Å². The smallest absolute Gasteiger partial charge is 0.241 e. The SMILES string of the molecule is CCC[C@H]1C(=O)N(S(C)(=O)=O)[C@H]2CCN(C(=O)CN3CCCCC3)[C@H]12.Cl. The minimum Gasteiger partial charge on any atom is -0.336 e. The summed E-state index contributed by atoms with van der Waals surface area (Å²) in [6.07, 6.45) is 6.53. The van der Waals surface area contributed by atoms with E-state index in [0.29, 0.717) is 25.9 Å². The Bertz CT molecular complexity index is 636. The van der Waals surface area contributed by atoms with Gasteiger partial charge in [-0.3, -0.25) is 14.5 Å². The van der Waals surface area contributed by atoms with Crippen LogP contribution in [-0.4, -0.2) is 78.9 Å². The van der Waals surface area contributed by atoms with Crippen molar-refractivity contribution in [3.63, 3.8) is 0 Å². The van der Waals surface area contributed by atoms with E-state index in [4.69, 9.17) is 0 Å². The lowest BCUT2D eigenvalue weighted by Gasteiger charge is -2.31. The molecule has 0 radical (unpaired) electrons. The molecular weight excluding hydrogens is 378 g/mol. The van der Waals surface area contributed by atoms with Crippen LogP contribution in [0.2, 0.25) is 0 Å². The van der Waals surface area contributed by atoms with Gasteiger partial charge >= 0.3 is 0 Å². The van der Waals surface area contributed by atoms with Crippen LogP contribution in [-0.2, 0) is 19.6 Å². The van der Waals surface area contributed by atoms with E-state index in [1.54, 1.807) is 4.90 Å². The third kappa shape index (κ3) is 4.02. The summed E-state index contributed by atoms with van der Waals surface area (Å²) >= 11 is 0. The third-order valence-corrected chi connectivity index (χ3v) is 6.92. The fourth-order valence-electron chi connectivity index (χ4n) is 4.72. The van der Waals surface area contributed by atoms with Crippen LogP contribution < -0.4 is 0 Å². The molecule has 0 aromatic rings. The zero-order valence-electron chi connectivity index (χ0n) is 15.6. The molecule has 9 heteroatoms. The summed E-state index contributed by atoms with van der Waals surface area (Å²) in [5, 5.41) is 0. The number of carbonyl (C=O) groups is 2. The number of amides is 2. The van der Waals surface area contributed by atoms with Gasteiger partial charge in [0.05, 0.1) is 30.8 Å². The topological polar surface area (TPSA) is 78.0 Å². The average Bonchev–Trinajstić information content (AvgIpc) is 3.07. The first kappa shape index (κ1) is 21.4. The van der Waals surface area contributed by atoms with Crippen molar-refractivity contribution >= 4 is 34.2 Å². The minimum atomic E-state index is -3.60. The van der Waals surface area contributed by atoms with E-state index in [9.17, 15) is 18.0 Å². The summed E-state index contributed by atoms with van der Waals surface area (Å²) in [5.74, 6) is -0.675. The number of halogens is 1. The zero-order valence-corrected chi connectivity index (χ0v) is 17.2. The highest BCUT2D eigenvalue weighted by Crippen LogP contribution is 2.40.